The SMILES string of the molecule is C=COC1C2CC3CC(C2)CC1(OC)C3. The lowest BCUT2D eigenvalue weighted by atomic mass is 9.53. The molecule has 0 N–H and O–H groups in total. The van der Waals surface area contributed by atoms with E-state index in [4.69, 9.17) is 9.47 Å². The van der Waals surface area contributed by atoms with Crippen LogP contribution in [0.15, 0.2) is 12.8 Å². The summed E-state index contributed by atoms with van der Waals surface area (Å²) in [5.41, 5.74) is 0.0168. The third kappa shape index (κ3) is 1.27. The summed E-state index contributed by atoms with van der Waals surface area (Å²) in [7, 11) is 1.85. The Balaban J connectivity index is 1.91. The minimum Gasteiger partial charge on any atom is -0.495 e. The third-order valence-corrected chi connectivity index (χ3v) is 4.80. The van der Waals surface area contributed by atoms with Crippen LogP contribution in [0.25, 0.3) is 0 Å². The average molecular weight is 208 g/mol. The molecule has 0 heterocycles. The lowest BCUT2D eigenvalue weighted by Crippen LogP contribution is -2.61. The van der Waals surface area contributed by atoms with Crippen molar-refractivity contribution in [2.45, 2.75) is 43.8 Å². The first-order valence-corrected chi connectivity index (χ1v) is 6.09. The van der Waals surface area contributed by atoms with Gasteiger partial charge in [-0.2, -0.15) is 0 Å². The second-order valence-electron chi connectivity index (χ2n) is 5.60. The maximum absolute atomic E-state index is 5.84. The van der Waals surface area contributed by atoms with Crippen LogP contribution in [0.4, 0.5) is 0 Å². The van der Waals surface area contributed by atoms with E-state index in [1.807, 2.05) is 7.11 Å². The Hall–Kier alpha value is -0.500. The predicted octanol–water partition coefficient (Wildman–Crippen LogP) is 2.74. The lowest BCUT2D eigenvalue weighted by Gasteiger charge is -2.59. The molecule has 0 aromatic rings. The Morgan fingerprint density at radius 1 is 1.20 bits per heavy atom. The van der Waals surface area contributed by atoms with Gasteiger partial charge in [0.05, 0.1) is 6.26 Å². The molecule has 0 saturated heterocycles. The minimum atomic E-state index is 0.0168. The van der Waals surface area contributed by atoms with Crippen molar-refractivity contribution >= 4 is 0 Å². The zero-order valence-corrected chi connectivity index (χ0v) is 9.45. The van der Waals surface area contributed by atoms with Crippen molar-refractivity contribution in [2.75, 3.05) is 7.11 Å². The molecule has 0 spiro atoms. The fraction of sp³-hybridized carbons (Fsp3) is 0.846. The van der Waals surface area contributed by atoms with E-state index in [2.05, 4.69) is 6.58 Å². The normalized spacial score (nSPS) is 51.8. The standard InChI is InChI=1S/C13H20O2/c1-3-15-12-11-5-9-4-10(6-11)8-13(12,7-9)14-2/h3,9-12H,1,4-8H2,2H3. The summed E-state index contributed by atoms with van der Waals surface area (Å²) >= 11 is 0. The van der Waals surface area contributed by atoms with Crippen molar-refractivity contribution in [3.63, 3.8) is 0 Å². The van der Waals surface area contributed by atoms with Crippen LogP contribution in [0.5, 0.6) is 0 Å². The molecule has 0 radical (unpaired) electrons. The Kier molecular flexibility index (Phi) is 2.10. The Morgan fingerprint density at radius 2 is 1.87 bits per heavy atom. The van der Waals surface area contributed by atoms with Crippen LogP contribution in [-0.2, 0) is 9.47 Å². The van der Waals surface area contributed by atoms with Gasteiger partial charge in [-0.05, 0) is 49.9 Å². The van der Waals surface area contributed by atoms with Crippen LogP contribution in [0.1, 0.15) is 32.1 Å². The van der Waals surface area contributed by atoms with E-state index in [0.717, 1.165) is 11.8 Å². The molecule has 4 rings (SSSR count). The van der Waals surface area contributed by atoms with Crippen LogP contribution < -0.4 is 0 Å². The van der Waals surface area contributed by atoms with Gasteiger partial charge in [-0.15, -0.1) is 0 Å². The molecular formula is C13H20O2. The van der Waals surface area contributed by atoms with Gasteiger partial charge in [0.15, 0.2) is 0 Å². The van der Waals surface area contributed by atoms with Gasteiger partial charge in [0.2, 0.25) is 0 Å². The van der Waals surface area contributed by atoms with E-state index in [9.17, 15) is 0 Å². The number of methoxy groups -OCH3 is 1. The van der Waals surface area contributed by atoms with Crippen LogP contribution in [-0.4, -0.2) is 18.8 Å². The fourth-order valence-electron chi connectivity index (χ4n) is 4.54. The minimum absolute atomic E-state index is 0.0168. The summed E-state index contributed by atoms with van der Waals surface area (Å²) in [5, 5.41) is 0. The van der Waals surface area contributed by atoms with Gasteiger partial charge < -0.3 is 9.47 Å². The first-order valence-electron chi connectivity index (χ1n) is 6.09. The molecule has 0 aromatic heterocycles. The molecular weight excluding hydrogens is 188 g/mol. The van der Waals surface area contributed by atoms with E-state index >= 15 is 0 Å². The summed E-state index contributed by atoms with van der Waals surface area (Å²) < 4.78 is 11.6. The van der Waals surface area contributed by atoms with Gasteiger partial charge in [0.25, 0.3) is 0 Å². The van der Waals surface area contributed by atoms with Crippen molar-refractivity contribution in [1.82, 2.24) is 0 Å². The summed E-state index contributed by atoms with van der Waals surface area (Å²) in [6.07, 6.45) is 8.41. The monoisotopic (exact) mass is 208 g/mol. The molecule has 0 aromatic carbocycles. The molecule has 0 amide bonds. The maximum atomic E-state index is 5.84. The first-order chi connectivity index (χ1) is 7.27. The molecule has 4 aliphatic rings. The van der Waals surface area contributed by atoms with Crippen molar-refractivity contribution in [3.8, 4) is 0 Å². The van der Waals surface area contributed by atoms with Gasteiger partial charge in [0, 0.05) is 7.11 Å². The highest BCUT2D eigenvalue weighted by molar-refractivity contribution is 5.09. The predicted molar refractivity (Wildman–Crippen MR) is 58.4 cm³/mol. The Morgan fingerprint density at radius 3 is 2.40 bits per heavy atom. The van der Waals surface area contributed by atoms with Gasteiger partial charge in [-0.3, -0.25) is 0 Å². The number of hydrogen-bond acceptors (Lipinski definition) is 2. The van der Waals surface area contributed by atoms with E-state index < -0.39 is 0 Å². The first kappa shape index (κ1) is 9.71. The van der Waals surface area contributed by atoms with Gasteiger partial charge in [-0.1, -0.05) is 6.58 Å². The quantitative estimate of drug-likeness (QED) is 0.664. The lowest BCUT2D eigenvalue weighted by molar-refractivity contribution is -0.219. The summed E-state index contributed by atoms with van der Waals surface area (Å²) in [4.78, 5) is 0. The second kappa shape index (κ2) is 3.24. The van der Waals surface area contributed by atoms with Gasteiger partial charge in [0.1, 0.15) is 11.7 Å². The smallest absolute Gasteiger partial charge is 0.129 e. The van der Waals surface area contributed by atoms with E-state index in [0.29, 0.717) is 5.92 Å². The highest BCUT2D eigenvalue weighted by atomic mass is 16.5. The second-order valence-corrected chi connectivity index (χ2v) is 5.60. The highest BCUT2D eigenvalue weighted by Crippen LogP contribution is 2.57. The summed E-state index contributed by atoms with van der Waals surface area (Å²) in [6, 6.07) is 0. The number of hydrogen-bond donors (Lipinski definition) is 0. The molecule has 4 fully saturated rings. The average Bonchev–Trinajstić information content (AvgIpc) is 2.22. The van der Waals surface area contributed by atoms with Crippen LogP contribution >= 0.6 is 0 Å². The molecule has 84 valence electrons. The molecule has 4 bridgehead atoms. The summed E-state index contributed by atoms with van der Waals surface area (Å²) in [6.45, 7) is 3.70. The van der Waals surface area contributed by atoms with E-state index in [-0.39, 0.29) is 11.7 Å². The van der Waals surface area contributed by atoms with E-state index in [1.54, 1.807) is 6.26 Å². The molecule has 2 heteroatoms. The third-order valence-electron chi connectivity index (χ3n) is 4.80. The van der Waals surface area contributed by atoms with Gasteiger partial charge >= 0.3 is 0 Å². The zero-order chi connectivity index (χ0) is 10.5. The van der Waals surface area contributed by atoms with Crippen LogP contribution in [0.3, 0.4) is 0 Å². The van der Waals surface area contributed by atoms with E-state index in [1.165, 1.54) is 32.1 Å². The largest absolute Gasteiger partial charge is 0.495 e. The Labute approximate surface area is 91.6 Å². The van der Waals surface area contributed by atoms with Crippen LogP contribution in [0, 0.1) is 17.8 Å². The topological polar surface area (TPSA) is 18.5 Å². The Bertz CT molecular complexity index is 260. The molecule has 4 aliphatic carbocycles. The molecule has 2 nitrogen and oxygen atoms in total. The molecule has 15 heavy (non-hydrogen) atoms. The van der Waals surface area contributed by atoms with Crippen molar-refractivity contribution in [3.05, 3.63) is 12.8 Å². The zero-order valence-electron chi connectivity index (χ0n) is 9.45. The summed E-state index contributed by atoms with van der Waals surface area (Å²) in [5.74, 6) is 2.51. The van der Waals surface area contributed by atoms with Crippen molar-refractivity contribution < 1.29 is 9.47 Å². The van der Waals surface area contributed by atoms with Gasteiger partial charge in [-0.25, -0.2) is 0 Å². The molecule has 0 aliphatic heterocycles. The highest BCUT2D eigenvalue weighted by Gasteiger charge is 2.58. The molecule has 3 atom stereocenters. The van der Waals surface area contributed by atoms with Crippen LogP contribution in [0.2, 0.25) is 0 Å². The number of ether oxygens (including phenoxy) is 2. The maximum Gasteiger partial charge on any atom is 0.129 e. The molecule has 3 unspecified atom stereocenters. The molecule has 4 saturated carbocycles. The fourth-order valence-corrected chi connectivity index (χ4v) is 4.54. The van der Waals surface area contributed by atoms with Crippen molar-refractivity contribution in [2.24, 2.45) is 17.8 Å². The number of rotatable bonds is 3. The van der Waals surface area contributed by atoms with Crippen molar-refractivity contribution in [1.29, 1.82) is 0 Å².